The highest BCUT2D eigenvalue weighted by atomic mass is 32.2. The first-order valence-electron chi connectivity index (χ1n) is 7.43. The zero-order valence-corrected chi connectivity index (χ0v) is 13.4. The molecule has 0 spiro atoms. The summed E-state index contributed by atoms with van der Waals surface area (Å²) in [6.07, 6.45) is 2.90. The Morgan fingerprint density at radius 3 is 2.48 bits per heavy atom. The minimum Gasteiger partial charge on any atom is -0.349 e. The standard InChI is InChI=1S/C15H20F2N2O3S/c16-15(17)23(21,22)9-10-4-6-11(7-5-10)14(20)19-13-3-1-2-12(13)8-18/h4-7,12-13,15H,1-3,8-9,18H2,(H,19,20). The van der Waals surface area contributed by atoms with Gasteiger partial charge in [-0.05, 0) is 43.0 Å². The number of nitrogens with one attached hydrogen (secondary N) is 1. The first-order chi connectivity index (χ1) is 10.8. The summed E-state index contributed by atoms with van der Waals surface area (Å²) in [7, 11) is -4.46. The van der Waals surface area contributed by atoms with Crippen LogP contribution in [-0.2, 0) is 15.6 Å². The van der Waals surface area contributed by atoms with Gasteiger partial charge in [-0.15, -0.1) is 0 Å². The maximum absolute atomic E-state index is 12.3. The van der Waals surface area contributed by atoms with Gasteiger partial charge in [-0.3, -0.25) is 4.79 Å². The summed E-state index contributed by atoms with van der Waals surface area (Å²) < 4.78 is 47.0. The third-order valence-corrected chi connectivity index (χ3v) is 5.41. The second kappa shape index (κ2) is 7.35. The number of sulfone groups is 1. The largest absolute Gasteiger partial charge is 0.349 e. The van der Waals surface area contributed by atoms with Gasteiger partial charge in [0, 0.05) is 11.6 Å². The molecule has 2 rings (SSSR count). The molecule has 1 aliphatic carbocycles. The Balaban J connectivity index is 2.00. The second-order valence-electron chi connectivity index (χ2n) is 5.77. The van der Waals surface area contributed by atoms with Crippen molar-refractivity contribution in [2.75, 3.05) is 6.54 Å². The number of hydrogen-bond acceptors (Lipinski definition) is 4. The molecule has 1 aromatic carbocycles. The Bertz CT molecular complexity index is 647. The van der Waals surface area contributed by atoms with Gasteiger partial charge in [0.25, 0.3) is 5.91 Å². The lowest BCUT2D eigenvalue weighted by Crippen LogP contribution is -2.39. The van der Waals surface area contributed by atoms with Gasteiger partial charge in [0.1, 0.15) is 0 Å². The number of nitrogens with two attached hydrogens (primary N) is 1. The number of hydrogen-bond donors (Lipinski definition) is 2. The van der Waals surface area contributed by atoms with E-state index in [0.717, 1.165) is 19.3 Å². The minimum absolute atomic E-state index is 0.0476. The zero-order chi connectivity index (χ0) is 17.0. The van der Waals surface area contributed by atoms with E-state index in [4.69, 9.17) is 5.73 Å². The van der Waals surface area contributed by atoms with Crippen molar-refractivity contribution in [3.8, 4) is 0 Å². The Morgan fingerprint density at radius 1 is 1.26 bits per heavy atom. The molecule has 5 nitrogen and oxygen atoms in total. The van der Waals surface area contributed by atoms with E-state index in [2.05, 4.69) is 5.32 Å². The van der Waals surface area contributed by atoms with E-state index in [0.29, 0.717) is 12.1 Å². The molecule has 2 atom stereocenters. The van der Waals surface area contributed by atoms with Crippen LogP contribution < -0.4 is 11.1 Å². The summed E-state index contributed by atoms with van der Waals surface area (Å²) >= 11 is 0. The summed E-state index contributed by atoms with van der Waals surface area (Å²) in [6, 6.07) is 5.69. The summed E-state index contributed by atoms with van der Waals surface area (Å²) in [5, 5.41) is 2.92. The fourth-order valence-electron chi connectivity index (χ4n) is 2.81. The van der Waals surface area contributed by atoms with Gasteiger partial charge in [0.05, 0.1) is 5.75 Å². The number of carbonyl (C=O) groups excluding carboxylic acids is 1. The topological polar surface area (TPSA) is 89.3 Å². The third-order valence-electron chi connectivity index (χ3n) is 4.13. The Labute approximate surface area is 134 Å². The average Bonchev–Trinajstić information content (AvgIpc) is 2.94. The Hall–Kier alpha value is -1.54. The van der Waals surface area contributed by atoms with E-state index in [-0.39, 0.29) is 23.4 Å². The Morgan fingerprint density at radius 2 is 1.91 bits per heavy atom. The van der Waals surface area contributed by atoms with Crippen molar-refractivity contribution >= 4 is 15.7 Å². The van der Waals surface area contributed by atoms with Crippen LogP contribution in [0.25, 0.3) is 0 Å². The summed E-state index contributed by atoms with van der Waals surface area (Å²) in [4.78, 5) is 12.2. The van der Waals surface area contributed by atoms with E-state index < -0.39 is 21.3 Å². The highest BCUT2D eigenvalue weighted by Gasteiger charge is 2.28. The van der Waals surface area contributed by atoms with Crippen LogP contribution in [-0.4, -0.2) is 32.7 Å². The first-order valence-corrected chi connectivity index (χ1v) is 9.14. The van der Waals surface area contributed by atoms with Gasteiger partial charge in [0.2, 0.25) is 9.84 Å². The molecule has 0 heterocycles. The molecule has 0 aromatic heterocycles. The third kappa shape index (κ3) is 4.48. The predicted molar refractivity (Wildman–Crippen MR) is 82.7 cm³/mol. The van der Waals surface area contributed by atoms with Crippen molar-refractivity contribution < 1.29 is 22.0 Å². The fraction of sp³-hybridized carbons (Fsp3) is 0.533. The van der Waals surface area contributed by atoms with Crippen LogP contribution in [0.15, 0.2) is 24.3 Å². The number of rotatable bonds is 6. The molecule has 23 heavy (non-hydrogen) atoms. The lowest BCUT2D eigenvalue weighted by molar-refractivity contribution is 0.0928. The molecule has 1 aliphatic rings. The molecular formula is C15H20F2N2O3S. The molecule has 0 aliphatic heterocycles. The lowest BCUT2D eigenvalue weighted by atomic mass is 10.0. The molecule has 1 saturated carbocycles. The van der Waals surface area contributed by atoms with Crippen LogP contribution >= 0.6 is 0 Å². The SMILES string of the molecule is NCC1CCCC1NC(=O)c1ccc(CS(=O)(=O)C(F)F)cc1. The fourth-order valence-corrected chi connectivity index (χ4v) is 3.59. The maximum atomic E-state index is 12.3. The van der Waals surface area contributed by atoms with Crippen molar-refractivity contribution in [3.63, 3.8) is 0 Å². The maximum Gasteiger partial charge on any atom is 0.337 e. The van der Waals surface area contributed by atoms with Crippen LogP contribution in [0.5, 0.6) is 0 Å². The van der Waals surface area contributed by atoms with E-state index in [1.54, 1.807) is 0 Å². The van der Waals surface area contributed by atoms with Gasteiger partial charge >= 0.3 is 5.76 Å². The molecule has 8 heteroatoms. The average molecular weight is 346 g/mol. The molecular weight excluding hydrogens is 326 g/mol. The van der Waals surface area contributed by atoms with Crippen molar-refractivity contribution in [1.82, 2.24) is 5.32 Å². The molecule has 3 N–H and O–H groups in total. The van der Waals surface area contributed by atoms with Gasteiger partial charge in [-0.25, -0.2) is 8.42 Å². The molecule has 128 valence electrons. The highest BCUT2D eigenvalue weighted by molar-refractivity contribution is 7.90. The first kappa shape index (κ1) is 17.8. The van der Waals surface area contributed by atoms with Crippen LogP contribution in [0.4, 0.5) is 8.78 Å². The monoisotopic (exact) mass is 346 g/mol. The van der Waals surface area contributed by atoms with Crippen molar-refractivity contribution in [2.45, 2.75) is 36.8 Å². The highest BCUT2D eigenvalue weighted by Crippen LogP contribution is 2.25. The van der Waals surface area contributed by atoms with Crippen molar-refractivity contribution in [2.24, 2.45) is 11.7 Å². The van der Waals surface area contributed by atoms with Gasteiger partial charge in [0.15, 0.2) is 0 Å². The molecule has 0 bridgehead atoms. The summed E-state index contributed by atoms with van der Waals surface area (Å²) in [5.41, 5.74) is 6.26. The Kier molecular flexibility index (Phi) is 5.69. The van der Waals surface area contributed by atoms with E-state index in [1.807, 2.05) is 0 Å². The number of carbonyl (C=O) groups is 1. The van der Waals surface area contributed by atoms with Crippen molar-refractivity contribution in [1.29, 1.82) is 0 Å². The van der Waals surface area contributed by atoms with Gasteiger partial charge in [-0.2, -0.15) is 8.78 Å². The quantitative estimate of drug-likeness (QED) is 0.820. The van der Waals surface area contributed by atoms with Crippen LogP contribution in [0.1, 0.15) is 35.2 Å². The van der Waals surface area contributed by atoms with E-state index in [1.165, 1.54) is 24.3 Å². The predicted octanol–water partition coefficient (Wildman–Crippen LogP) is 1.68. The molecule has 2 unspecified atom stereocenters. The number of halogens is 2. The van der Waals surface area contributed by atoms with Gasteiger partial charge < -0.3 is 11.1 Å². The molecule has 1 fully saturated rings. The molecule has 0 radical (unpaired) electrons. The normalized spacial score (nSPS) is 21.6. The van der Waals surface area contributed by atoms with Crippen molar-refractivity contribution in [3.05, 3.63) is 35.4 Å². The lowest BCUT2D eigenvalue weighted by Gasteiger charge is -2.19. The molecule has 0 saturated heterocycles. The molecule has 1 amide bonds. The number of amides is 1. The van der Waals surface area contributed by atoms with E-state index >= 15 is 0 Å². The summed E-state index contributed by atoms with van der Waals surface area (Å²) in [5.74, 6) is -4.14. The van der Waals surface area contributed by atoms with Crippen LogP contribution in [0, 0.1) is 5.92 Å². The van der Waals surface area contributed by atoms with E-state index in [9.17, 15) is 22.0 Å². The van der Waals surface area contributed by atoms with Crippen LogP contribution in [0.2, 0.25) is 0 Å². The number of benzene rings is 1. The van der Waals surface area contributed by atoms with Gasteiger partial charge in [-0.1, -0.05) is 18.6 Å². The zero-order valence-electron chi connectivity index (χ0n) is 12.5. The second-order valence-corrected chi connectivity index (χ2v) is 7.74. The molecule has 1 aromatic rings. The van der Waals surface area contributed by atoms with Crippen LogP contribution in [0.3, 0.4) is 0 Å². The summed E-state index contributed by atoms with van der Waals surface area (Å²) in [6.45, 7) is 0.523. The minimum atomic E-state index is -4.46. The number of alkyl halides is 2. The smallest absolute Gasteiger partial charge is 0.337 e.